The predicted octanol–water partition coefficient (Wildman–Crippen LogP) is 2.55. The number of Topliss-reactive ketones (excluding diaryl/α,β-unsaturated/α-hetero) is 1. The molecule has 0 aromatic heterocycles. The summed E-state index contributed by atoms with van der Waals surface area (Å²) in [5.41, 5.74) is 0.652. The Morgan fingerprint density at radius 1 is 1.29 bits per heavy atom. The van der Waals surface area contributed by atoms with Crippen LogP contribution in [0, 0.1) is 5.92 Å². The zero-order chi connectivity index (χ0) is 12.8. The number of hydrogen-bond acceptors (Lipinski definition) is 3. The Kier molecular flexibility index (Phi) is 5.16. The van der Waals surface area contributed by atoms with Gasteiger partial charge in [-0.1, -0.05) is 13.8 Å². The maximum absolute atomic E-state index is 11.9. The van der Waals surface area contributed by atoms with Crippen molar-refractivity contribution >= 4 is 5.78 Å². The number of rotatable bonds is 6. The third-order valence-electron chi connectivity index (χ3n) is 2.69. The first-order valence-corrected chi connectivity index (χ1v) is 6.00. The average Bonchev–Trinajstić information content (AvgIpc) is 2.27. The second kappa shape index (κ2) is 6.40. The zero-order valence-corrected chi connectivity index (χ0v) is 10.8. The van der Waals surface area contributed by atoms with Gasteiger partial charge in [0.1, 0.15) is 5.75 Å². The van der Waals surface area contributed by atoms with E-state index in [4.69, 9.17) is 5.11 Å². The molecule has 0 atom stereocenters. The first kappa shape index (κ1) is 13.7. The summed E-state index contributed by atoms with van der Waals surface area (Å²) in [6, 6.07) is 6.41. The molecule has 3 heteroatoms. The lowest BCUT2D eigenvalue weighted by Crippen LogP contribution is -2.27. The molecule has 0 aliphatic rings. The summed E-state index contributed by atoms with van der Waals surface area (Å²) >= 11 is 0. The predicted molar refractivity (Wildman–Crippen MR) is 69.4 cm³/mol. The van der Waals surface area contributed by atoms with E-state index in [2.05, 4.69) is 13.8 Å². The molecule has 1 aromatic carbocycles. The van der Waals surface area contributed by atoms with Crippen LogP contribution in [0.3, 0.4) is 0 Å². The van der Waals surface area contributed by atoms with Crippen LogP contribution in [-0.2, 0) is 0 Å². The molecule has 1 N–H and O–H groups in total. The molecule has 0 saturated carbocycles. The SMILES string of the molecule is CC(C)CCN(C)CC(=O)c1ccc(O)cc1. The monoisotopic (exact) mass is 235 g/mol. The van der Waals surface area contributed by atoms with Gasteiger partial charge in [-0.25, -0.2) is 0 Å². The number of phenols is 1. The second-order valence-electron chi connectivity index (χ2n) is 4.89. The third-order valence-corrected chi connectivity index (χ3v) is 2.69. The van der Waals surface area contributed by atoms with Crippen LogP contribution in [0.15, 0.2) is 24.3 Å². The van der Waals surface area contributed by atoms with E-state index in [0.717, 1.165) is 13.0 Å². The van der Waals surface area contributed by atoms with Crippen molar-refractivity contribution in [3.63, 3.8) is 0 Å². The maximum atomic E-state index is 11.9. The summed E-state index contributed by atoms with van der Waals surface area (Å²) in [5, 5.41) is 9.14. The molecule has 0 saturated heterocycles. The van der Waals surface area contributed by atoms with Gasteiger partial charge >= 0.3 is 0 Å². The second-order valence-corrected chi connectivity index (χ2v) is 4.89. The standard InChI is InChI=1S/C14H21NO2/c1-11(2)8-9-15(3)10-14(17)12-4-6-13(16)7-5-12/h4-7,11,16H,8-10H2,1-3H3. The van der Waals surface area contributed by atoms with Crippen LogP contribution < -0.4 is 0 Å². The molecular weight excluding hydrogens is 214 g/mol. The number of ketones is 1. The van der Waals surface area contributed by atoms with Crippen molar-refractivity contribution in [2.24, 2.45) is 5.92 Å². The van der Waals surface area contributed by atoms with Crippen LogP contribution in [0.1, 0.15) is 30.6 Å². The molecule has 1 rings (SSSR count). The molecular formula is C14H21NO2. The van der Waals surface area contributed by atoms with Crippen molar-refractivity contribution in [2.75, 3.05) is 20.1 Å². The lowest BCUT2D eigenvalue weighted by Gasteiger charge is -2.16. The number of phenolic OH excluding ortho intramolecular Hbond substituents is 1. The van der Waals surface area contributed by atoms with Gasteiger partial charge in [0.2, 0.25) is 0 Å². The molecule has 3 nitrogen and oxygen atoms in total. The Labute approximate surface area is 103 Å². The van der Waals surface area contributed by atoms with Crippen molar-refractivity contribution in [2.45, 2.75) is 20.3 Å². The molecule has 0 bridgehead atoms. The highest BCUT2D eigenvalue weighted by atomic mass is 16.3. The lowest BCUT2D eigenvalue weighted by atomic mass is 10.1. The van der Waals surface area contributed by atoms with Gasteiger partial charge in [-0.05, 0) is 50.2 Å². The van der Waals surface area contributed by atoms with E-state index in [9.17, 15) is 4.79 Å². The average molecular weight is 235 g/mol. The summed E-state index contributed by atoms with van der Waals surface area (Å²) in [7, 11) is 1.96. The van der Waals surface area contributed by atoms with Gasteiger partial charge in [-0.15, -0.1) is 0 Å². The number of aromatic hydroxyl groups is 1. The number of carbonyl (C=O) groups excluding carboxylic acids is 1. The van der Waals surface area contributed by atoms with Gasteiger partial charge in [-0.2, -0.15) is 0 Å². The van der Waals surface area contributed by atoms with Gasteiger partial charge in [0.25, 0.3) is 0 Å². The minimum atomic E-state index is 0.0938. The zero-order valence-electron chi connectivity index (χ0n) is 10.8. The van der Waals surface area contributed by atoms with Crippen LogP contribution in [0.4, 0.5) is 0 Å². The van der Waals surface area contributed by atoms with E-state index in [-0.39, 0.29) is 11.5 Å². The minimum Gasteiger partial charge on any atom is -0.508 e. The molecule has 0 spiro atoms. The number of hydrogen-bond donors (Lipinski definition) is 1. The largest absolute Gasteiger partial charge is 0.508 e. The molecule has 0 heterocycles. The van der Waals surface area contributed by atoms with Crippen LogP contribution in [0.5, 0.6) is 5.75 Å². The molecule has 0 fully saturated rings. The fourth-order valence-electron chi connectivity index (χ4n) is 1.54. The van der Waals surface area contributed by atoms with E-state index in [0.29, 0.717) is 18.0 Å². The van der Waals surface area contributed by atoms with Crippen molar-refractivity contribution < 1.29 is 9.90 Å². The maximum Gasteiger partial charge on any atom is 0.176 e. The van der Waals surface area contributed by atoms with Crippen molar-refractivity contribution in [1.82, 2.24) is 4.90 Å². The minimum absolute atomic E-state index is 0.0938. The van der Waals surface area contributed by atoms with Crippen molar-refractivity contribution in [1.29, 1.82) is 0 Å². The Morgan fingerprint density at radius 2 is 1.88 bits per heavy atom. The highest BCUT2D eigenvalue weighted by Crippen LogP contribution is 2.10. The van der Waals surface area contributed by atoms with Crippen LogP contribution in [0.2, 0.25) is 0 Å². The molecule has 0 amide bonds. The number of nitrogens with zero attached hydrogens (tertiary/aromatic N) is 1. The fourth-order valence-corrected chi connectivity index (χ4v) is 1.54. The first-order valence-electron chi connectivity index (χ1n) is 6.00. The van der Waals surface area contributed by atoms with E-state index < -0.39 is 0 Å². The summed E-state index contributed by atoms with van der Waals surface area (Å²) in [6.07, 6.45) is 1.10. The molecule has 0 unspecified atom stereocenters. The third kappa shape index (κ3) is 5.00. The van der Waals surface area contributed by atoms with Gasteiger partial charge in [0, 0.05) is 5.56 Å². The van der Waals surface area contributed by atoms with Gasteiger partial charge in [-0.3, -0.25) is 9.69 Å². The Hall–Kier alpha value is -1.35. The smallest absolute Gasteiger partial charge is 0.176 e. The molecule has 17 heavy (non-hydrogen) atoms. The van der Waals surface area contributed by atoms with Gasteiger partial charge in [0.05, 0.1) is 6.54 Å². The van der Waals surface area contributed by atoms with Crippen molar-refractivity contribution in [3.8, 4) is 5.75 Å². The quantitative estimate of drug-likeness (QED) is 0.770. The summed E-state index contributed by atoms with van der Waals surface area (Å²) in [4.78, 5) is 13.9. The summed E-state index contributed by atoms with van der Waals surface area (Å²) < 4.78 is 0. The normalized spacial score (nSPS) is 11.1. The van der Waals surface area contributed by atoms with E-state index in [1.807, 2.05) is 11.9 Å². The highest BCUT2D eigenvalue weighted by Gasteiger charge is 2.09. The topological polar surface area (TPSA) is 40.5 Å². The van der Waals surface area contributed by atoms with Crippen LogP contribution in [0.25, 0.3) is 0 Å². The Bertz CT molecular complexity index is 357. The molecule has 0 radical (unpaired) electrons. The molecule has 1 aromatic rings. The first-order chi connectivity index (χ1) is 7.99. The molecule has 0 aliphatic carbocycles. The number of likely N-dealkylation sites (N-methyl/N-ethyl adjacent to an activating group) is 1. The van der Waals surface area contributed by atoms with E-state index in [1.54, 1.807) is 24.3 Å². The number of carbonyl (C=O) groups is 1. The highest BCUT2D eigenvalue weighted by molar-refractivity contribution is 5.97. The van der Waals surface area contributed by atoms with E-state index >= 15 is 0 Å². The molecule has 0 aliphatic heterocycles. The van der Waals surface area contributed by atoms with Gasteiger partial charge in [0.15, 0.2) is 5.78 Å². The Morgan fingerprint density at radius 3 is 2.41 bits per heavy atom. The lowest BCUT2D eigenvalue weighted by molar-refractivity contribution is 0.0944. The van der Waals surface area contributed by atoms with Gasteiger partial charge < -0.3 is 5.11 Å². The summed E-state index contributed by atoms with van der Waals surface area (Å²) in [5.74, 6) is 0.937. The van der Waals surface area contributed by atoms with Crippen LogP contribution in [-0.4, -0.2) is 35.9 Å². The van der Waals surface area contributed by atoms with E-state index in [1.165, 1.54) is 0 Å². The Balaban J connectivity index is 2.46. The fraction of sp³-hybridized carbons (Fsp3) is 0.500. The van der Waals surface area contributed by atoms with Crippen molar-refractivity contribution in [3.05, 3.63) is 29.8 Å². The summed E-state index contributed by atoms with van der Waals surface area (Å²) in [6.45, 7) is 5.71. The number of benzene rings is 1. The van der Waals surface area contributed by atoms with Crippen LogP contribution >= 0.6 is 0 Å². The molecule has 94 valence electrons.